The summed E-state index contributed by atoms with van der Waals surface area (Å²) in [6.45, 7) is 7.18. The smallest absolute Gasteiger partial charge is 0.295 e. The molecule has 0 radical (unpaired) electrons. The Bertz CT molecular complexity index is 1030. The number of benzene rings is 2. The Morgan fingerprint density at radius 2 is 1.76 bits per heavy atom. The first-order valence-corrected chi connectivity index (χ1v) is 11.6. The largest absolute Gasteiger partial charge is 0.507 e. The molecule has 1 aliphatic rings. The van der Waals surface area contributed by atoms with E-state index in [1.807, 2.05) is 45.0 Å². The molecule has 1 saturated heterocycles. The topological polar surface area (TPSA) is 85.3 Å². The molecule has 1 aliphatic heterocycles. The van der Waals surface area contributed by atoms with Crippen molar-refractivity contribution in [2.45, 2.75) is 45.8 Å². The first-order valence-electron chi connectivity index (χ1n) is 11.6. The van der Waals surface area contributed by atoms with Gasteiger partial charge in [-0.2, -0.15) is 0 Å². The van der Waals surface area contributed by atoms with Crippen LogP contribution in [0.4, 0.5) is 0 Å². The maximum absolute atomic E-state index is 13.2. The number of carbonyl (C=O) groups excluding carboxylic acids is 2. The quantitative estimate of drug-likeness (QED) is 0.223. The third-order valence-electron chi connectivity index (χ3n) is 5.46. The van der Waals surface area contributed by atoms with Gasteiger partial charge in [-0.25, -0.2) is 0 Å². The van der Waals surface area contributed by atoms with Gasteiger partial charge in [0.1, 0.15) is 17.3 Å². The first-order chi connectivity index (χ1) is 16.4. The standard InChI is InChI=1S/C27H33NO6/c1-5-16-33-20-13-11-19(12-14-20)25(29)23-24(21-9-6-7-10-22(21)34-18(2)3)28(15-8-17-32-4)27(31)26(23)30/h6-7,9-14,18,24,29H,5,8,15-17H2,1-4H3/b25-23-. The Hall–Kier alpha value is -3.32. The van der Waals surface area contributed by atoms with Crippen LogP contribution in [-0.4, -0.2) is 54.7 Å². The van der Waals surface area contributed by atoms with Gasteiger partial charge in [-0.05, 0) is 57.0 Å². The van der Waals surface area contributed by atoms with Crippen molar-refractivity contribution in [3.8, 4) is 11.5 Å². The molecule has 2 aromatic rings. The Morgan fingerprint density at radius 3 is 2.41 bits per heavy atom. The highest BCUT2D eigenvalue weighted by Crippen LogP contribution is 2.43. The summed E-state index contributed by atoms with van der Waals surface area (Å²) >= 11 is 0. The van der Waals surface area contributed by atoms with Crippen molar-refractivity contribution < 1.29 is 28.9 Å². The third kappa shape index (κ3) is 5.59. The lowest BCUT2D eigenvalue weighted by Gasteiger charge is -2.27. The first kappa shape index (κ1) is 25.3. The maximum atomic E-state index is 13.2. The highest BCUT2D eigenvalue weighted by molar-refractivity contribution is 6.46. The van der Waals surface area contributed by atoms with Gasteiger partial charge >= 0.3 is 0 Å². The predicted molar refractivity (Wildman–Crippen MR) is 130 cm³/mol. The molecule has 0 aromatic heterocycles. The molecule has 0 spiro atoms. The molecule has 1 atom stereocenters. The number of carbonyl (C=O) groups is 2. The van der Waals surface area contributed by atoms with Gasteiger partial charge in [0.2, 0.25) is 0 Å². The summed E-state index contributed by atoms with van der Waals surface area (Å²) in [4.78, 5) is 27.7. The summed E-state index contributed by atoms with van der Waals surface area (Å²) in [6.07, 6.45) is 1.33. The van der Waals surface area contributed by atoms with Gasteiger partial charge in [0.25, 0.3) is 11.7 Å². The number of hydrogen-bond donors (Lipinski definition) is 1. The van der Waals surface area contributed by atoms with E-state index in [2.05, 4.69) is 0 Å². The van der Waals surface area contributed by atoms with Gasteiger partial charge in [-0.1, -0.05) is 25.1 Å². The molecule has 1 unspecified atom stereocenters. The Labute approximate surface area is 200 Å². The number of rotatable bonds is 11. The van der Waals surface area contributed by atoms with Crippen molar-refractivity contribution in [1.29, 1.82) is 0 Å². The fourth-order valence-corrected chi connectivity index (χ4v) is 3.97. The van der Waals surface area contributed by atoms with Crippen molar-refractivity contribution in [1.82, 2.24) is 4.90 Å². The number of para-hydroxylation sites is 1. The SMILES string of the molecule is CCCOc1ccc(/C(O)=C2/C(=O)C(=O)N(CCCOC)C2c2ccccc2OC(C)C)cc1. The highest BCUT2D eigenvalue weighted by Gasteiger charge is 2.46. The molecule has 1 fully saturated rings. The molecule has 7 nitrogen and oxygen atoms in total. The predicted octanol–water partition coefficient (Wildman–Crippen LogP) is 4.72. The monoisotopic (exact) mass is 467 g/mol. The summed E-state index contributed by atoms with van der Waals surface area (Å²) in [7, 11) is 1.59. The maximum Gasteiger partial charge on any atom is 0.295 e. The molecule has 1 amide bonds. The number of amides is 1. The average Bonchev–Trinajstić information content (AvgIpc) is 3.07. The van der Waals surface area contributed by atoms with Gasteiger partial charge in [-0.15, -0.1) is 0 Å². The summed E-state index contributed by atoms with van der Waals surface area (Å²) in [5.74, 6) is -0.351. The zero-order valence-electron chi connectivity index (χ0n) is 20.2. The van der Waals surface area contributed by atoms with E-state index in [0.29, 0.717) is 48.8 Å². The number of aliphatic hydroxyl groups is 1. The summed E-state index contributed by atoms with van der Waals surface area (Å²) in [5.41, 5.74) is 1.13. The van der Waals surface area contributed by atoms with E-state index in [9.17, 15) is 14.7 Å². The molecule has 34 heavy (non-hydrogen) atoms. The van der Waals surface area contributed by atoms with E-state index >= 15 is 0 Å². The zero-order chi connectivity index (χ0) is 24.7. The van der Waals surface area contributed by atoms with Crippen LogP contribution in [0, 0.1) is 0 Å². The van der Waals surface area contributed by atoms with E-state index in [1.165, 1.54) is 4.90 Å². The summed E-state index contributed by atoms with van der Waals surface area (Å²) in [5, 5.41) is 11.2. The molecule has 0 aliphatic carbocycles. The van der Waals surface area contributed by atoms with Gasteiger partial charge in [-0.3, -0.25) is 9.59 Å². The molecule has 1 N–H and O–H groups in total. The number of nitrogens with zero attached hydrogens (tertiary/aromatic N) is 1. The van der Waals surface area contributed by atoms with E-state index in [4.69, 9.17) is 14.2 Å². The van der Waals surface area contributed by atoms with Crippen LogP contribution in [-0.2, 0) is 14.3 Å². The summed E-state index contributed by atoms with van der Waals surface area (Å²) in [6, 6.07) is 13.4. The van der Waals surface area contributed by atoms with Crippen LogP contribution >= 0.6 is 0 Å². The van der Waals surface area contributed by atoms with Crippen LogP contribution in [0.3, 0.4) is 0 Å². The van der Waals surface area contributed by atoms with Gasteiger partial charge in [0.05, 0.1) is 24.3 Å². The second-order valence-electron chi connectivity index (χ2n) is 8.42. The van der Waals surface area contributed by atoms with Crippen molar-refractivity contribution in [2.75, 3.05) is 26.9 Å². The Kier molecular flexibility index (Phi) is 8.71. The molecule has 182 valence electrons. The van der Waals surface area contributed by atoms with E-state index in [-0.39, 0.29) is 17.4 Å². The molecule has 2 aromatic carbocycles. The highest BCUT2D eigenvalue weighted by atomic mass is 16.5. The minimum absolute atomic E-state index is 0.0458. The number of methoxy groups -OCH3 is 1. The Morgan fingerprint density at radius 1 is 1.06 bits per heavy atom. The van der Waals surface area contributed by atoms with Crippen LogP contribution in [0.15, 0.2) is 54.1 Å². The zero-order valence-corrected chi connectivity index (χ0v) is 20.2. The molecule has 0 saturated carbocycles. The van der Waals surface area contributed by atoms with E-state index in [0.717, 1.165) is 6.42 Å². The minimum Gasteiger partial charge on any atom is -0.507 e. The molecular weight excluding hydrogens is 434 g/mol. The third-order valence-corrected chi connectivity index (χ3v) is 5.46. The van der Waals surface area contributed by atoms with Crippen LogP contribution in [0.1, 0.15) is 50.8 Å². The van der Waals surface area contributed by atoms with Crippen molar-refractivity contribution in [3.63, 3.8) is 0 Å². The van der Waals surface area contributed by atoms with E-state index in [1.54, 1.807) is 31.4 Å². The van der Waals surface area contributed by atoms with Gasteiger partial charge < -0.3 is 24.2 Å². The Balaban J connectivity index is 2.10. The average molecular weight is 468 g/mol. The lowest BCUT2D eigenvalue weighted by atomic mass is 9.94. The normalized spacial score (nSPS) is 17.4. The number of hydrogen-bond acceptors (Lipinski definition) is 6. The lowest BCUT2D eigenvalue weighted by molar-refractivity contribution is -0.140. The molecule has 0 bridgehead atoms. The van der Waals surface area contributed by atoms with Crippen LogP contribution in [0.25, 0.3) is 5.76 Å². The number of ether oxygens (including phenoxy) is 3. The van der Waals surface area contributed by atoms with Crippen LogP contribution in [0.5, 0.6) is 11.5 Å². The van der Waals surface area contributed by atoms with E-state index < -0.39 is 17.7 Å². The van der Waals surface area contributed by atoms with Crippen molar-refractivity contribution in [2.24, 2.45) is 0 Å². The number of Topliss-reactive ketones (excluding diaryl/α,β-unsaturated/α-hetero) is 1. The molecule has 3 rings (SSSR count). The number of ketones is 1. The molecular formula is C27H33NO6. The lowest BCUT2D eigenvalue weighted by Crippen LogP contribution is -2.31. The fraction of sp³-hybridized carbons (Fsp3) is 0.407. The second kappa shape index (κ2) is 11.7. The van der Waals surface area contributed by atoms with Crippen LogP contribution < -0.4 is 9.47 Å². The van der Waals surface area contributed by atoms with Crippen molar-refractivity contribution >= 4 is 17.4 Å². The summed E-state index contributed by atoms with van der Waals surface area (Å²) < 4.78 is 16.8. The number of aliphatic hydroxyl groups excluding tert-OH is 1. The van der Waals surface area contributed by atoms with Crippen molar-refractivity contribution in [3.05, 3.63) is 65.2 Å². The minimum atomic E-state index is -0.775. The number of likely N-dealkylation sites (tertiary alicyclic amines) is 1. The van der Waals surface area contributed by atoms with Gasteiger partial charge in [0, 0.05) is 31.4 Å². The van der Waals surface area contributed by atoms with Gasteiger partial charge in [0.15, 0.2) is 0 Å². The van der Waals surface area contributed by atoms with Crippen LogP contribution in [0.2, 0.25) is 0 Å². The molecule has 1 heterocycles. The second-order valence-corrected chi connectivity index (χ2v) is 8.42. The molecule has 7 heteroatoms. The fourth-order valence-electron chi connectivity index (χ4n) is 3.97.